The third-order valence-corrected chi connectivity index (χ3v) is 3.64. The molecule has 0 saturated carbocycles. The van der Waals surface area contributed by atoms with Crippen molar-refractivity contribution in [1.82, 2.24) is 4.90 Å². The van der Waals surface area contributed by atoms with Crippen LogP contribution in [0, 0.1) is 5.82 Å². The number of carbonyl (C=O) groups excluding carboxylic acids is 1. The van der Waals surface area contributed by atoms with Crippen LogP contribution in [0.5, 0.6) is 5.75 Å². The maximum Gasteiger partial charge on any atom is 0.334 e. The van der Waals surface area contributed by atoms with E-state index in [-0.39, 0.29) is 24.8 Å². The van der Waals surface area contributed by atoms with Crippen molar-refractivity contribution in [2.75, 3.05) is 19.7 Å². The van der Waals surface area contributed by atoms with E-state index in [1.807, 2.05) is 0 Å². The summed E-state index contributed by atoms with van der Waals surface area (Å²) < 4.78 is 24.1. The van der Waals surface area contributed by atoms with E-state index >= 15 is 0 Å². The zero-order valence-electron chi connectivity index (χ0n) is 11.1. The molecule has 21 heavy (non-hydrogen) atoms. The number of benzene rings is 1. The molecule has 2 atom stereocenters. The monoisotopic (exact) mass is 295 g/mol. The molecule has 0 aromatic heterocycles. The van der Waals surface area contributed by atoms with Crippen molar-refractivity contribution in [3.05, 3.63) is 29.6 Å². The highest BCUT2D eigenvalue weighted by molar-refractivity contribution is 5.83. The highest BCUT2D eigenvalue weighted by Gasteiger charge is 2.37. The van der Waals surface area contributed by atoms with Gasteiger partial charge in [0.1, 0.15) is 0 Å². The number of amides is 1. The average Bonchev–Trinajstić information content (AvgIpc) is 2.92. The number of rotatable bonds is 2. The zero-order valence-corrected chi connectivity index (χ0v) is 11.1. The van der Waals surface area contributed by atoms with E-state index in [2.05, 4.69) is 0 Å². The summed E-state index contributed by atoms with van der Waals surface area (Å²) in [6.07, 6.45) is -1.53. The molecule has 1 saturated heterocycles. The van der Waals surface area contributed by atoms with Crippen molar-refractivity contribution in [2.45, 2.75) is 18.6 Å². The number of carboxylic acid groups (broad SMARTS) is 1. The van der Waals surface area contributed by atoms with Crippen LogP contribution in [-0.2, 0) is 20.7 Å². The molecule has 2 aliphatic heterocycles. The van der Waals surface area contributed by atoms with E-state index in [4.69, 9.17) is 14.6 Å². The molecule has 1 aromatic carbocycles. The van der Waals surface area contributed by atoms with E-state index in [9.17, 15) is 14.0 Å². The van der Waals surface area contributed by atoms with Gasteiger partial charge in [-0.1, -0.05) is 12.1 Å². The van der Waals surface area contributed by atoms with Crippen LogP contribution >= 0.6 is 0 Å². The molecule has 1 amide bonds. The van der Waals surface area contributed by atoms with E-state index in [1.165, 1.54) is 11.0 Å². The first-order valence-electron chi connectivity index (χ1n) is 6.63. The van der Waals surface area contributed by atoms with Crippen LogP contribution in [0.25, 0.3) is 0 Å². The highest BCUT2D eigenvalue weighted by atomic mass is 19.1. The van der Waals surface area contributed by atoms with Crippen molar-refractivity contribution in [3.8, 4) is 5.75 Å². The van der Waals surface area contributed by atoms with Gasteiger partial charge in [0.25, 0.3) is 5.91 Å². The molecule has 7 heteroatoms. The minimum absolute atomic E-state index is 0.0210. The number of morpholine rings is 1. The number of aliphatic carboxylic acids is 1. The summed E-state index contributed by atoms with van der Waals surface area (Å²) in [5, 5.41) is 8.94. The lowest BCUT2D eigenvalue weighted by Crippen LogP contribution is -2.52. The molecule has 0 unspecified atom stereocenters. The fourth-order valence-corrected chi connectivity index (χ4v) is 2.57. The summed E-state index contributed by atoms with van der Waals surface area (Å²) in [6, 6.07) is 4.56. The topological polar surface area (TPSA) is 76.1 Å². The summed E-state index contributed by atoms with van der Waals surface area (Å²) in [6.45, 7) is 0.449. The Morgan fingerprint density at radius 2 is 2.14 bits per heavy atom. The molecule has 0 aliphatic carbocycles. The van der Waals surface area contributed by atoms with Crippen molar-refractivity contribution < 1.29 is 28.6 Å². The molecular weight excluding hydrogens is 281 g/mol. The van der Waals surface area contributed by atoms with Gasteiger partial charge in [-0.05, 0) is 6.07 Å². The third-order valence-electron chi connectivity index (χ3n) is 3.64. The molecular formula is C14H14FNO5. The van der Waals surface area contributed by atoms with Crippen LogP contribution < -0.4 is 4.74 Å². The number of carbonyl (C=O) groups is 2. The highest BCUT2D eigenvalue weighted by Crippen LogP contribution is 2.32. The van der Waals surface area contributed by atoms with Gasteiger partial charge in [0.2, 0.25) is 0 Å². The van der Waals surface area contributed by atoms with Crippen LogP contribution in [0.4, 0.5) is 4.39 Å². The predicted molar refractivity (Wildman–Crippen MR) is 68.5 cm³/mol. The first-order chi connectivity index (χ1) is 10.1. The number of ether oxygens (including phenoxy) is 2. The minimum Gasteiger partial charge on any atom is -0.479 e. The number of halogens is 1. The average molecular weight is 295 g/mol. The summed E-state index contributed by atoms with van der Waals surface area (Å²) in [7, 11) is 0. The molecule has 0 spiro atoms. The number of nitrogens with zero attached hydrogens (tertiary/aromatic N) is 1. The van der Waals surface area contributed by atoms with Gasteiger partial charge < -0.3 is 19.5 Å². The van der Waals surface area contributed by atoms with Crippen molar-refractivity contribution in [1.29, 1.82) is 0 Å². The minimum atomic E-state index is -1.10. The van der Waals surface area contributed by atoms with E-state index in [1.54, 1.807) is 12.1 Å². The van der Waals surface area contributed by atoms with Crippen LogP contribution in [-0.4, -0.2) is 53.8 Å². The second kappa shape index (κ2) is 5.33. The molecule has 6 nitrogen and oxygen atoms in total. The van der Waals surface area contributed by atoms with Crippen molar-refractivity contribution in [2.24, 2.45) is 0 Å². The number of fused-ring (bicyclic) bond motifs is 1. The molecule has 1 aromatic rings. The van der Waals surface area contributed by atoms with Gasteiger partial charge in [0.15, 0.2) is 23.8 Å². The van der Waals surface area contributed by atoms with Crippen LogP contribution in [0.3, 0.4) is 0 Å². The third kappa shape index (κ3) is 2.56. The lowest BCUT2D eigenvalue weighted by molar-refractivity contribution is -0.161. The number of carboxylic acids is 1. The Hall–Kier alpha value is -2.15. The quantitative estimate of drug-likeness (QED) is 0.857. The SMILES string of the molecule is O=C(O)[C@@H]1CN(C(=O)[C@H]2Cc3cccc(F)c3O2)CCO1. The maximum atomic E-state index is 13.6. The first-order valence-corrected chi connectivity index (χ1v) is 6.63. The first kappa shape index (κ1) is 13.8. The smallest absolute Gasteiger partial charge is 0.334 e. The van der Waals surface area contributed by atoms with Gasteiger partial charge in [0.05, 0.1) is 13.2 Å². The van der Waals surface area contributed by atoms with Gasteiger partial charge >= 0.3 is 5.97 Å². The Balaban J connectivity index is 1.70. The predicted octanol–water partition coefficient (Wildman–Crippen LogP) is 0.441. The second-order valence-corrected chi connectivity index (χ2v) is 5.02. The molecule has 0 radical (unpaired) electrons. The fraction of sp³-hybridized carbons (Fsp3) is 0.429. The van der Waals surface area contributed by atoms with Gasteiger partial charge in [0, 0.05) is 18.5 Å². The van der Waals surface area contributed by atoms with E-state index in [0.717, 1.165) is 0 Å². The van der Waals surface area contributed by atoms with Gasteiger partial charge in [-0.15, -0.1) is 0 Å². The molecule has 1 fully saturated rings. The summed E-state index contributed by atoms with van der Waals surface area (Å²) in [5.41, 5.74) is 0.649. The molecule has 0 bridgehead atoms. The lowest BCUT2D eigenvalue weighted by Gasteiger charge is -2.32. The molecule has 3 rings (SSSR count). The van der Waals surface area contributed by atoms with E-state index < -0.39 is 24.0 Å². The fourth-order valence-electron chi connectivity index (χ4n) is 2.57. The molecule has 112 valence electrons. The van der Waals surface area contributed by atoms with E-state index in [0.29, 0.717) is 18.5 Å². The summed E-state index contributed by atoms with van der Waals surface area (Å²) in [5.74, 6) is -1.82. The normalized spacial score (nSPS) is 24.3. The Bertz CT molecular complexity index is 591. The molecule has 1 N–H and O–H groups in total. The van der Waals surface area contributed by atoms with Gasteiger partial charge in [-0.3, -0.25) is 4.79 Å². The van der Waals surface area contributed by atoms with Gasteiger partial charge in [-0.2, -0.15) is 0 Å². The van der Waals surface area contributed by atoms with Crippen molar-refractivity contribution >= 4 is 11.9 Å². The summed E-state index contributed by atoms with van der Waals surface area (Å²) >= 11 is 0. The Kier molecular flexibility index (Phi) is 3.50. The molecule has 2 heterocycles. The number of hydrogen-bond donors (Lipinski definition) is 1. The van der Waals surface area contributed by atoms with Crippen LogP contribution in [0.15, 0.2) is 18.2 Å². The Labute approximate surface area is 120 Å². The number of hydrogen-bond acceptors (Lipinski definition) is 4. The molecule has 2 aliphatic rings. The van der Waals surface area contributed by atoms with Crippen molar-refractivity contribution in [3.63, 3.8) is 0 Å². The zero-order chi connectivity index (χ0) is 15.0. The standard InChI is InChI=1S/C14H14FNO5/c15-9-3-1-2-8-6-10(21-12(8)9)13(17)16-4-5-20-11(7-16)14(18)19/h1-3,10-11H,4-7H2,(H,18,19)/t10-,11+/m1/s1. The Morgan fingerprint density at radius 1 is 1.33 bits per heavy atom. The lowest BCUT2D eigenvalue weighted by atomic mass is 10.1. The van der Waals surface area contributed by atoms with Gasteiger partial charge in [-0.25, -0.2) is 9.18 Å². The largest absolute Gasteiger partial charge is 0.479 e. The van der Waals surface area contributed by atoms with Crippen LogP contribution in [0.2, 0.25) is 0 Å². The maximum absolute atomic E-state index is 13.6. The summed E-state index contributed by atoms with van der Waals surface area (Å²) in [4.78, 5) is 24.7. The van der Waals surface area contributed by atoms with Crippen LogP contribution in [0.1, 0.15) is 5.56 Å². The number of para-hydroxylation sites is 1. The Morgan fingerprint density at radius 3 is 2.86 bits per heavy atom. The second-order valence-electron chi connectivity index (χ2n) is 5.02.